The normalized spacial score (nSPS) is 14.2. The highest BCUT2D eigenvalue weighted by Gasteiger charge is 2.23. The molecule has 0 radical (unpaired) electrons. The van der Waals surface area contributed by atoms with Crippen molar-refractivity contribution < 1.29 is 19.7 Å². The fourth-order valence-electron chi connectivity index (χ4n) is 5.48. The Kier molecular flexibility index (Phi) is 15.6. The summed E-state index contributed by atoms with van der Waals surface area (Å²) in [4.78, 5) is 0. The third-order valence-corrected chi connectivity index (χ3v) is 8.69. The number of hydrogen-bond acceptors (Lipinski definition) is 8. The van der Waals surface area contributed by atoms with E-state index in [-0.39, 0.29) is 30.7 Å². The van der Waals surface area contributed by atoms with Crippen LogP contribution in [0.2, 0.25) is 0 Å². The second kappa shape index (κ2) is 20.0. The summed E-state index contributed by atoms with van der Waals surface area (Å²) in [5.41, 5.74) is 4.58. The monoisotopic (exact) mass is 668 g/mol. The highest BCUT2D eigenvalue weighted by atomic mass is 16.5. The van der Waals surface area contributed by atoms with Gasteiger partial charge in [0.1, 0.15) is 36.9 Å². The number of hydrogen-bond donors (Lipinski definition) is 6. The van der Waals surface area contributed by atoms with Gasteiger partial charge < -0.3 is 41.0 Å². The summed E-state index contributed by atoms with van der Waals surface area (Å²) in [7, 11) is 0. The van der Waals surface area contributed by atoms with Crippen LogP contribution in [0, 0.1) is 0 Å². The molecule has 264 valence electrons. The SMILES string of the molecule is CC(CNCc1ccccc1)NCC(O)COc1ccc(C(C)(C)c2ccc(OCC(O)CNC(C)CNCc3ccccc3)cc2)cc1. The van der Waals surface area contributed by atoms with Crippen LogP contribution in [0.4, 0.5) is 0 Å². The molecule has 0 saturated carbocycles. The van der Waals surface area contributed by atoms with Crippen LogP contribution in [0.25, 0.3) is 0 Å². The van der Waals surface area contributed by atoms with E-state index in [1.807, 2.05) is 60.7 Å². The highest BCUT2D eigenvalue weighted by molar-refractivity contribution is 5.41. The Morgan fingerprint density at radius 3 is 1.27 bits per heavy atom. The van der Waals surface area contributed by atoms with Crippen LogP contribution >= 0.6 is 0 Å². The Morgan fingerprint density at radius 1 is 0.531 bits per heavy atom. The first kappa shape index (κ1) is 38.0. The van der Waals surface area contributed by atoms with Gasteiger partial charge in [0.25, 0.3) is 0 Å². The Bertz CT molecular complexity index is 1340. The number of benzene rings is 4. The zero-order chi connectivity index (χ0) is 34.9. The molecule has 0 aliphatic carbocycles. The Balaban J connectivity index is 1.12. The number of aliphatic hydroxyl groups excluding tert-OH is 2. The van der Waals surface area contributed by atoms with E-state index in [0.29, 0.717) is 13.1 Å². The molecule has 49 heavy (non-hydrogen) atoms. The van der Waals surface area contributed by atoms with Crippen LogP contribution < -0.4 is 30.7 Å². The van der Waals surface area contributed by atoms with E-state index in [4.69, 9.17) is 9.47 Å². The lowest BCUT2D eigenvalue weighted by Gasteiger charge is -2.26. The summed E-state index contributed by atoms with van der Waals surface area (Å²) in [6, 6.07) is 37.2. The predicted molar refractivity (Wildman–Crippen MR) is 199 cm³/mol. The van der Waals surface area contributed by atoms with Crippen LogP contribution in [0.15, 0.2) is 109 Å². The molecule has 0 fully saturated rings. The van der Waals surface area contributed by atoms with Crippen LogP contribution in [-0.2, 0) is 18.5 Å². The van der Waals surface area contributed by atoms with Gasteiger partial charge in [0.2, 0.25) is 0 Å². The van der Waals surface area contributed by atoms with Gasteiger partial charge in [-0.25, -0.2) is 0 Å². The minimum atomic E-state index is -0.609. The second-order valence-electron chi connectivity index (χ2n) is 13.5. The van der Waals surface area contributed by atoms with Crippen LogP contribution in [-0.4, -0.2) is 73.9 Å². The first-order chi connectivity index (χ1) is 23.7. The Hall–Kier alpha value is -3.76. The third-order valence-electron chi connectivity index (χ3n) is 8.69. The molecular weight excluding hydrogens is 612 g/mol. The molecule has 4 rings (SSSR count). The fraction of sp³-hybridized carbons (Fsp3) is 0.415. The first-order valence-corrected chi connectivity index (χ1v) is 17.5. The van der Waals surface area contributed by atoms with Crippen molar-refractivity contribution in [2.45, 2.75) is 70.5 Å². The van der Waals surface area contributed by atoms with Crippen molar-refractivity contribution in [3.8, 4) is 11.5 Å². The molecular formula is C41H56N4O4. The molecule has 4 atom stereocenters. The van der Waals surface area contributed by atoms with E-state index >= 15 is 0 Å². The zero-order valence-corrected chi connectivity index (χ0v) is 29.6. The molecule has 4 unspecified atom stereocenters. The molecule has 0 spiro atoms. The predicted octanol–water partition coefficient (Wildman–Crippen LogP) is 5.03. The molecule has 4 aromatic carbocycles. The smallest absolute Gasteiger partial charge is 0.119 e. The van der Waals surface area contributed by atoms with Crippen molar-refractivity contribution in [1.29, 1.82) is 0 Å². The van der Waals surface area contributed by atoms with Crippen LogP contribution in [0.1, 0.15) is 49.9 Å². The van der Waals surface area contributed by atoms with Gasteiger partial charge in [-0.05, 0) is 60.4 Å². The molecule has 8 nitrogen and oxygen atoms in total. The summed E-state index contributed by atoms with van der Waals surface area (Å²) < 4.78 is 11.8. The number of nitrogens with one attached hydrogen (secondary N) is 4. The van der Waals surface area contributed by atoms with Gasteiger partial charge >= 0.3 is 0 Å². The molecule has 0 aliphatic rings. The number of rotatable bonds is 22. The van der Waals surface area contributed by atoms with Crippen LogP contribution in [0.5, 0.6) is 11.5 Å². The van der Waals surface area contributed by atoms with E-state index < -0.39 is 12.2 Å². The lowest BCUT2D eigenvalue weighted by molar-refractivity contribution is 0.104. The molecule has 0 bridgehead atoms. The average Bonchev–Trinajstić information content (AvgIpc) is 3.12. The van der Waals surface area contributed by atoms with Gasteiger partial charge in [0, 0.05) is 56.8 Å². The molecule has 0 saturated heterocycles. The molecule has 4 aromatic rings. The molecule has 0 amide bonds. The summed E-state index contributed by atoms with van der Waals surface area (Å²) >= 11 is 0. The average molecular weight is 669 g/mol. The standard InChI is InChI=1S/C41H56N4O4/c1-31(23-42-25-33-11-7-5-8-12-33)44-27-37(46)29-48-39-19-15-35(16-20-39)41(3,4)36-17-21-40(22-18-36)49-30-38(47)28-45-32(2)24-43-26-34-13-9-6-10-14-34/h5-22,31-32,37-38,42-47H,23-30H2,1-4H3. The van der Waals surface area contributed by atoms with Gasteiger partial charge in [-0.15, -0.1) is 0 Å². The van der Waals surface area contributed by atoms with Crippen molar-refractivity contribution in [2.24, 2.45) is 0 Å². The maximum Gasteiger partial charge on any atom is 0.119 e. The molecule has 8 heteroatoms. The lowest BCUT2D eigenvalue weighted by atomic mass is 9.78. The van der Waals surface area contributed by atoms with Gasteiger partial charge in [0.05, 0.1) is 0 Å². The van der Waals surface area contributed by atoms with Crippen molar-refractivity contribution in [2.75, 3.05) is 39.4 Å². The molecule has 0 aromatic heterocycles. The summed E-state index contributed by atoms with van der Waals surface area (Å²) in [5, 5.41) is 34.5. The summed E-state index contributed by atoms with van der Waals surface area (Å²) in [6.45, 7) is 13.2. The minimum absolute atomic E-state index is 0.219. The zero-order valence-electron chi connectivity index (χ0n) is 29.6. The van der Waals surface area contributed by atoms with Crippen molar-refractivity contribution in [3.05, 3.63) is 131 Å². The molecule has 0 heterocycles. The maximum atomic E-state index is 10.5. The summed E-state index contributed by atoms with van der Waals surface area (Å²) in [5.74, 6) is 1.46. The highest BCUT2D eigenvalue weighted by Crippen LogP contribution is 2.33. The first-order valence-electron chi connectivity index (χ1n) is 17.5. The Labute approximate surface area is 293 Å². The van der Waals surface area contributed by atoms with Gasteiger partial charge in [0.15, 0.2) is 0 Å². The Morgan fingerprint density at radius 2 is 0.898 bits per heavy atom. The quantitative estimate of drug-likeness (QED) is 0.0694. The van der Waals surface area contributed by atoms with E-state index in [0.717, 1.165) is 48.8 Å². The maximum absolute atomic E-state index is 10.5. The van der Waals surface area contributed by atoms with Gasteiger partial charge in [-0.1, -0.05) is 98.8 Å². The fourth-order valence-corrected chi connectivity index (χ4v) is 5.48. The van der Waals surface area contributed by atoms with E-state index in [2.05, 4.69) is 97.5 Å². The van der Waals surface area contributed by atoms with Crippen LogP contribution in [0.3, 0.4) is 0 Å². The molecule has 6 N–H and O–H groups in total. The van der Waals surface area contributed by atoms with Crippen molar-refractivity contribution in [3.63, 3.8) is 0 Å². The minimum Gasteiger partial charge on any atom is -0.491 e. The third kappa shape index (κ3) is 13.6. The topological polar surface area (TPSA) is 107 Å². The van der Waals surface area contributed by atoms with Crippen molar-refractivity contribution >= 4 is 0 Å². The number of aliphatic hydroxyl groups is 2. The molecule has 0 aliphatic heterocycles. The van der Waals surface area contributed by atoms with Gasteiger partial charge in [-0.2, -0.15) is 0 Å². The van der Waals surface area contributed by atoms with Gasteiger partial charge in [-0.3, -0.25) is 0 Å². The van der Waals surface area contributed by atoms with Crippen molar-refractivity contribution in [1.82, 2.24) is 21.3 Å². The van der Waals surface area contributed by atoms with E-state index in [9.17, 15) is 10.2 Å². The number of ether oxygens (including phenoxy) is 2. The van der Waals surface area contributed by atoms with E-state index in [1.54, 1.807) is 0 Å². The summed E-state index contributed by atoms with van der Waals surface area (Å²) in [6.07, 6.45) is -1.22. The lowest BCUT2D eigenvalue weighted by Crippen LogP contribution is -2.41. The second-order valence-corrected chi connectivity index (χ2v) is 13.5. The largest absolute Gasteiger partial charge is 0.491 e. The van der Waals surface area contributed by atoms with E-state index in [1.165, 1.54) is 11.1 Å².